The summed E-state index contributed by atoms with van der Waals surface area (Å²) >= 11 is 0. The standard InChI is InChI=1S/C17H16N6O/c18-9-13-10-19-12-20-17(13)23-7-5-22(6-8-23)11-16-21-14-3-1-2-4-15(14)24-16/h1-4,10,12H,5-8,11H2. The summed E-state index contributed by atoms with van der Waals surface area (Å²) in [5, 5.41) is 9.18. The minimum atomic E-state index is 0.518. The maximum absolute atomic E-state index is 9.18. The number of oxazole rings is 1. The van der Waals surface area contributed by atoms with Gasteiger partial charge in [-0.1, -0.05) is 12.1 Å². The first kappa shape index (κ1) is 14.6. The Hall–Kier alpha value is -2.98. The molecule has 0 atom stereocenters. The van der Waals surface area contributed by atoms with Crippen LogP contribution < -0.4 is 4.90 Å². The Morgan fingerprint density at radius 3 is 2.79 bits per heavy atom. The minimum Gasteiger partial charge on any atom is -0.439 e. The first-order valence-electron chi connectivity index (χ1n) is 7.85. The number of rotatable bonds is 3. The highest BCUT2D eigenvalue weighted by molar-refractivity contribution is 5.72. The molecule has 7 nitrogen and oxygen atoms in total. The third kappa shape index (κ3) is 2.79. The molecule has 1 fully saturated rings. The fourth-order valence-electron chi connectivity index (χ4n) is 2.95. The van der Waals surface area contributed by atoms with Crippen LogP contribution in [0, 0.1) is 11.3 Å². The fraction of sp³-hybridized carbons (Fsp3) is 0.294. The van der Waals surface area contributed by atoms with E-state index in [4.69, 9.17) is 4.42 Å². The van der Waals surface area contributed by atoms with Gasteiger partial charge in [0.2, 0.25) is 5.89 Å². The average Bonchev–Trinajstić information content (AvgIpc) is 3.04. The highest BCUT2D eigenvalue weighted by Gasteiger charge is 2.21. The number of nitrogens with zero attached hydrogens (tertiary/aromatic N) is 6. The predicted octanol–water partition coefficient (Wildman–Crippen LogP) is 1.81. The summed E-state index contributed by atoms with van der Waals surface area (Å²) in [5.41, 5.74) is 2.24. The molecule has 7 heteroatoms. The van der Waals surface area contributed by atoms with Crippen LogP contribution in [-0.4, -0.2) is 46.0 Å². The van der Waals surface area contributed by atoms with Crippen molar-refractivity contribution in [3.05, 3.63) is 48.2 Å². The van der Waals surface area contributed by atoms with Crippen molar-refractivity contribution in [1.29, 1.82) is 5.26 Å². The largest absolute Gasteiger partial charge is 0.439 e. The molecule has 1 saturated heterocycles. The molecule has 0 radical (unpaired) electrons. The molecule has 0 spiro atoms. The van der Waals surface area contributed by atoms with Crippen molar-refractivity contribution >= 4 is 16.9 Å². The van der Waals surface area contributed by atoms with Crippen LogP contribution >= 0.6 is 0 Å². The highest BCUT2D eigenvalue weighted by Crippen LogP contribution is 2.19. The van der Waals surface area contributed by atoms with E-state index in [2.05, 4.69) is 30.8 Å². The molecule has 1 aromatic carbocycles. The normalized spacial score (nSPS) is 15.5. The zero-order valence-electron chi connectivity index (χ0n) is 13.1. The molecule has 0 bridgehead atoms. The molecule has 4 rings (SSSR count). The molecule has 0 saturated carbocycles. The van der Waals surface area contributed by atoms with Crippen molar-refractivity contribution < 1.29 is 4.42 Å². The second kappa shape index (κ2) is 6.26. The topological polar surface area (TPSA) is 82.1 Å². The molecule has 3 aromatic rings. The minimum absolute atomic E-state index is 0.518. The number of benzene rings is 1. The van der Waals surface area contributed by atoms with E-state index in [-0.39, 0.29) is 0 Å². The summed E-state index contributed by atoms with van der Waals surface area (Å²) in [6.45, 7) is 4.05. The summed E-state index contributed by atoms with van der Waals surface area (Å²) in [4.78, 5) is 17.1. The van der Waals surface area contributed by atoms with Gasteiger partial charge in [-0.25, -0.2) is 15.0 Å². The monoisotopic (exact) mass is 320 g/mol. The van der Waals surface area contributed by atoms with Crippen molar-refractivity contribution in [2.75, 3.05) is 31.1 Å². The van der Waals surface area contributed by atoms with Gasteiger partial charge in [-0.05, 0) is 12.1 Å². The lowest BCUT2D eigenvalue weighted by molar-refractivity contribution is 0.228. The second-order valence-corrected chi connectivity index (χ2v) is 5.71. The number of aromatic nitrogens is 3. The molecule has 0 N–H and O–H groups in total. The predicted molar refractivity (Wildman–Crippen MR) is 88.2 cm³/mol. The Bertz CT molecular complexity index is 858. The third-order valence-corrected chi connectivity index (χ3v) is 4.18. The molecule has 0 unspecified atom stereocenters. The van der Waals surface area contributed by atoms with Crippen LogP contribution in [0.5, 0.6) is 0 Å². The van der Waals surface area contributed by atoms with E-state index in [1.54, 1.807) is 6.20 Å². The Morgan fingerprint density at radius 1 is 1.17 bits per heavy atom. The van der Waals surface area contributed by atoms with Crippen LogP contribution in [0.1, 0.15) is 11.5 Å². The van der Waals surface area contributed by atoms with Crippen molar-refractivity contribution in [3.8, 4) is 6.07 Å². The van der Waals surface area contributed by atoms with E-state index in [9.17, 15) is 5.26 Å². The van der Waals surface area contributed by atoms with E-state index < -0.39 is 0 Å². The molecule has 24 heavy (non-hydrogen) atoms. The van der Waals surface area contributed by atoms with Crippen LogP contribution in [0.2, 0.25) is 0 Å². The van der Waals surface area contributed by atoms with Crippen LogP contribution in [0.15, 0.2) is 41.2 Å². The van der Waals surface area contributed by atoms with Crippen LogP contribution in [0.3, 0.4) is 0 Å². The molecule has 3 heterocycles. The molecule has 120 valence electrons. The number of para-hydroxylation sites is 2. The van der Waals surface area contributed by atoms with Crippen LogP contribution in [-0.2, 0) is 6.54 Å². The zero-order valence-corrected chi connectivity index (χ0v) is 13.1. The van der Waals surface area contributed by atoms with Gasteiger partial charge in [0, 0.05) is 26.2 Å². The quantitative estimate of drug-likeness (QED) is 0.728. The summed E-state index contributed by atoms with van der Waals surface area (Å²) < 4.78 is 5.79. The van der Waals surface area contributed by atoms with E-state index >= 15 is 0 Å². The van der Waals surface area contributed by atoms with E-state index in [0.717, 1.165) is 43.2 Å². The summed E-state index contributed by atoms with van der Waals surface area (Å²) in [6.07, 6.45) is 3.05. The van der Waals surface area contributed by atoms with E-state index in [1.807, 2.05) is 24.3 Å². The van der Waals surface area contributed by atoms with Gasteiger partial charge in [0.25, 0.3) is 0 Å². The lowest BCUT2D eigenvalue weighted by Gasteiger charge is -2.34. The summed E-state index contributed by atoms with van der Waals surface area (Å²) in [5.74, 6) is 1.46. The van der Waals surface area contributed by atoms with Gasteiger partial charge >= 0.3 is 0 Å². The highest BCUT2D eigenvalue weighted by atomic mass is 16.3. The molecule has 1 aliphatic heterocycles. The van der Waals surface area contributed by atoms with Gasteiger partial charge in [0.1, 0.15) is 29.3 Å². The zero-order chi connectivity index (χ0) is 16.4. The molecule has 0 amide bonds. The molecule has 0 aliphatic carbocycles. The van der Waals surface area contributed by atoms with Gasteiger partial charge in [-0.15, -0.1) is 0 Å². The molecule has 1 aliphatic rings. The smallest absolute Gasteiger partial charge is 0.209 e. The van der Waals surface area contributed by atoms with E-state index in [1.165, 1.54) is 6.33 Å². The maximum Gasteiger partial charge on any atom is 0.209 e. The summed E-state index contributed by atoms with van der Waals surface area (Å²) in [6, 6.07) is 9.95. The van der Waals surface area contributed by atoms with Gasteiger partial charge in [-0.3, -0.25) is 4.90 Å². The van der Waals surface area contributed by atoms with Crippen LogP contribution in [0.4, 0.5) is 5.82 Å². The summed E-state index contributed by atoms with van der Waals surface area (Å²) in [7, 11) is 0. The first-order chi connectivity index (χ1) is 11.8. The fourth-order valence-corrected chi connectivity index (χ4v) is 2.95. The Morgan fingerprint density at radius 2 is 2.00 bits per heavy atom. The van der Waals surface area contributed by atoms with Gasteiger partial charge in [0.05, 0.1) is 12.7 Å². The van der Waals surface area contributed by atoms with Gasteiger partial charge in [0.15, 0.2) is 5.58 Å². The number of hydrogen-bond acceptors (Lipinski definition) is 7. The third-order valence-electron chi connectivity index (χ3n) is 4.18. The number of hydrogen-bond donors (Lipinski definition) is 0. The Kier molecular flexibility index (Phi) is 3.81. The Labute approximate surface area is 139 Å². The van der Waals surface area contributed by atoms with E-state index in [0.29, 0.717) is 17.9 Å². The molecular formula is C17H16N6O. The maximum atomic E-state index is 9.18. The van der Waals surface area contributed by atoms with Gasteiger partial charge in [-0.2, -0.15) is 5.26 Å². The second-order valence-electron chi connectivity index (χ2n) is 5.71. The first-order valence-corrected chi connectivity index (χ1v) is 7.85. The van der Waals surface area contributed by atoms with Crippen molar-refractivity contribution in [1.82, 2.24) is 19.9 Å². The molecular weight excluding hydrogens is 304 g/mol. The number of fused-ring (bicyclic) bond motifs is 1. The number of piperazine rings is 1. The SMILES string of the molecule is N#Cc1cncnc1N1CCN(Cc2nc3ccccc3o2)CC1. The molecule has 2 aromatic heterocycles. The van der Waals surface area contributed by atoms with Crippen LogP contribution in [0.25, 0.3) is 11.1 Å². The Balaban J connectivity index is 1.42. The lowest BCUT2D eigenvalue weighted by Crippen LogP contribution is -2.46. The van der Waals surface area contributed by atoms with Crippen molar-refractivity contribution in [3.63, 3.8) is 0 Å². The van der Waals surface area contributed by atoms with Crippen molar-refractivity contribution in [2.24, 2.45) is 0 Å². The number of anilines is 1. The van der Waals surface area contributed by atoms with Crippen molar-refractivity contribution in [2.45, 2.75) is 6.54 Å². The lowest BCUT2D eigenvalue weighted by atomic mass is 10.2. The average molecular weight is 320 g/mol. The van der Waals surface area contributed by atoms with Gasteiger partial charge < -0.3 is 9.32 Å². The number of nitriles is 1.